The first-order valence-electron chi connectivity index (χ1n) is 4.83. The van der Waals surface area contributed by atoms with Gasteiger partial charge < -0.3 is 14.7 Å². The molecule has 0 aliphatic carbocycles. The van der Waals surface area contributed by atoms with Crippen LogP contribution in [0.2, 0.25) is 0 Å². The summed E-state index contributed by atoms with van der Waals surface area (Å²) in [5.74, 6) is 0.0389. The fourth-order valence-electron chi connectivity index (χ4n) is 1.37. The van der Waals surface area contributed by atoms with Crippen LogP contribution in [0, 0.1) is 0 Å². The second-order valence-electron chi connectivity index (χ2n) is 3.39. The van der Waals surface area contributed by atoms with Gasteiger partial charge in [-0.1, -0.05) is 22.9 Å². The van der Waals surface area contributed by atoms with Gasteiger partial charge in [0.05, 0.1) is 24.1 Å². The number of amides is 1. The van der Waals surface area contributed by atoms with Gasteiger partial charge in [0.2, 0.25) is 5.91 Å². The Balaban J connectivity index is 2.52. The maximum atomic E-state index is 11.7. The highest BCUT2D eigenvalue weighted by atomic mass is 79.9. The molecule has 1 saturated heterocycles. The van der Waals surface area contributed by atoms with Crippen molar-refractivity contribution < 1.29 is 14.6 Å². The number of carbonyl (C=O) groups is 1. The molecule has 5 heteroatoms. The first-order valence-corrected chi connectivity index (χ1v) is 5.75. The molecule has 1 aliphatic heterocycles. The highest BCUT2D eigenvalue weighted by molar-refractivity contribution is 9.10. The quantitative estimate of drug-likeness (QED) is 0.735. The molecule has 1 fully saturated rings. The Hall–Kier alpha value is -0.130. The molecule has 1 aliphatic rings. The minimum Gasteiger partial charge on any atom is -0.389 e. The lowest BCUT2D eigenvalue weighted by Gasteiger charge is -2.23. The van der Waals surface area contributed by atoms with E-state index in [1.54, 1.807) is 4.90 Å². The van der Waals surface area contributed by atoms with Gasteiger partial charge in [0.1, 0.15) is 0 Å². The fraction of sp³-hybridized carbons (Fsp3) is 0.889. The standard InChI is InChI=1S/C9H16BrNO3/c1-2-8(10)9(13)11-3-4-14-6-7(12)5-11/h7-8,12H,2-6H2,1H3. The summed E-state index contributed by atoms with van der Waals surface area (Å²) in [6.07, 6.45) is 0.199. The zero-order valence-electron chi connectivity index (χ0n) is 8.28. The maximum absolute atomic E-state index is 11.7. The summed E-state index contributed by atoms with van der Waals surface area (Å²) in [4.78, 5) is 13.2. The van der Waals surface area contributed by atoms with Crippen molar-refractivity contribution in [2.24, 2.45) is 0 Å². The number of hydrogen-bond donors (Lipinski definition) is 1. The molecule has 2 unspecified atom stereocenters. The van der Waals surface area contributed by atoms with Gasteiger partial charge in [-0.25, -0.2) is 0 Å². The Morgan fingerprint density at radius 2 is 2.50 bits per heavy atom. The third kappa shape index (κ3) is 3.22. The predicted octanol–water partition coefficient (Wildman–Crippen LogP) is 0.380. The molecule has 0 spiro atoms. The van der Waals surface area contributed by atoms with E-state index in [1.165, 1.54) is 0 Å². The Bertz CT molecular complexity index is 200. The van der Waals surface area contributed by atoms with Crippen molar-refractivity contribution in [2.45, 2.75) is 24.3 Å². The van der Waals surface area contributed by atoms with Crippen LogP contribution in [-0.2, 0) is 9.53 Å². The van der Waals surface area contributed by atoms with Gasteiger partial charge in [0.15, 0.2) is 0 Å². The van der Waals surface area contributed by atoms with Crippen LogP contribution in [-0.4, -0.2) is 53.1 Å². The summed E-state index contributed by atoms with van der Waals surface area (Å²) in [6.45, 7) is 3.72. The molecular formula is C9H16BrNO3. The van der Waals surface area contributed by atoms with Crippen LogP contribution in [0.4, 0.5) is 0 Å². The number of nitrogens with zero attached hydrogens (tertiary/aromatic N) is 1. The molecular weight excluding hydrogens is 250 g/mol. The Kier molecular flexibility index (Phi) is 4.84. The SMILES string of the molecule is CCC(Br)C(=O)N1CCOCC(O)C1. The highest BCUT2D eigenvalue weighted by Crippen LogP contribution is 2.11. The number of aliphatic hydroxyl groups is 1. The number of aliphatic hydroxyl groups excluding tert-OH is 1. The number of ether oxygens (including phenoxy) is 1. The molecule has 0 saturated carbocycles. The van der Waals surface area contributed by atoms with E-state index >= 15 is 0 Å². The number of hydrogen-bond acceptors (Lipinski definition) is 3. The summed E-state index contributed by atoms with van der Waals surface area (Å²) < 4.78 is 5.14. The Morgan fingerprint density at radius 3 is 3.14 bits per heavy atom. The third-order valence-corrected chi connectivity index (χ3v) is 3.22. The van der Waals surface area contributed by atoms with E-state index in [-0.39, 0.29) is 10.7 Å². The Labute approximate surface area is 92.3 Å². The number of rotatable bonds is 2. The van der Waals surface area contributed by atoms with Crippen molar-refractivity contribution >= 4 is 21.8 Å². The summed E-state index contributed by atoms with van der Waals surface area (Å²) >= 11 is 3.31. The molecule has 4 nitrogen and oxygen atoms in total. The number of carbonyl (C=O) groups excluding carboxylic acids is 1. The molecule has 1 heterocycles. The van der Waals surface area contributed by atoms with Gasteiger partial charge in [0.25, 0.3) is 0 Å². The van der Waals surface area contributed by atoms with Gasteiger partial charge in [-0.2, -0.15) is 0 Å². The number of halogens is 1. The minimum absolute atomic E-state index is 0.0389. The monoisotopic (exact) mass is 265 g/mol. The smallest absolute Gasteiger partial charge is 0.236 e. The first kappa shape index (κ1) is 11.9. The van der Waals surface area contributed by atoms with E-state index in [4.69, 9.17) is 4.74 Å². The lowest BCUT2D eigenvalue weighted by molar-refractivity contribution is -0.131. The van der Waals surface area contributed by atoms with Crippen LogP contribution < -0.4 is 0 Å². The molecule has 2 atom stereocenters. The van der Waals surface area contributed by atoms with E-state index < -0.39 is 6.10 Å². The van der Waals surface area contributed by atoms with Crippen LogP contribution in [0.1, 0.15) is 13.3 Å². The lowest BCUT2D eigenvalue weighted by atomic mass is 10.2. The van der Waals surface area contributed by atoms with Crippen LogP contribution in [0.15, 0.2) is 0 Å². The molecule has 0 radical (unpaired) electrons. The van der Waals surface area contributed by atoms with Crippen LogP contribution >= 0.6 is 15.9 Å². The molecule has 1 rings (SSSR count). The van der Waals surface area contributed by atoms with E-state index in [1.807, 2.05) is 6.92 Å². The number of alkyl halides is 1. The van der Waals surface area contributed by atoms with Crippen molar-refractivity contribution in [3.05, 3.63) is 0 Å². The van der Waals surface area contributed by atoms with Crippen LogP contribution in [0.5, 0.6) is 0 Å². The topological polar surface area (TPSA) is 49.8 Å². The minimum atomic E-state index is -0.557. The van der Waals surface area contributed by atoms with Gasteiger partial charge >= 0.3 is 0 Å². The lowest BCUT2D eigenvalue weighted by Crippen LogP contribution is -2.41. The van der Waals surface area contributed by atoms with Crippen molar-refractivity contribution in [3.63, 3.8) is 0 Å². The molecule has 0 bridgehead atoms. The zero-order valence-corrected chi connectivity index (χ0v) is 9.87. The van der Waals surface area contributed by atoms with Crippen LogP contribution in [0.3, 0.4) is 0 Å². The summed E-state index contributed by atoms with van der Waals surface area (Å²) in [5.41, 5.74) is 0. The van der Waals surface area contributed by atoms with Gasteiger partial charge in [-0.05, 0) is 6.42 Å². The number of β-amino-alcohol motifs (C(OH)–C–C–N with tert-alkyl or cyclic N) is 1. The van der Waals surface area contributed by atoms with Gasteiger partial charge in [-0.3, -0.25) is 4.79 Å². The predicted molar refractivity (Wildman–Crippen MR) is 56.4 cm³/mol. The molecule has 0 aromatic rings. The average Bonchev–Trinajstić information content (AvgIpc) is 2.40. The van der Waals surface area contributed by atoms with Gasteiger partial charge in [0, 0.05) is 13.1 Å². The van der Waals surface area contributed by atoms with E-state index in [2.05, 4.69) is 15.9 Å². The molecule has 1 amide bonds. The maximum Gasteiger partial charge on any atom is 0.236 e. The van der Waals surface area contributed by atoms with E-state index in [0.29, 0.717) is 26.3 Å². The van der Waals surface area contributed by atoms with Crippen molar-refractivity contribution in [1.82, 2.24) is 4.90 Å². The molecule has 82 valence electrons. The third-order valence-electron chi connectivity index (χ3n) is 2.18. The van der Waals surface area contributed by atoms with Crippen molar-refractivity contribution in [1.29, 1.82) is 0 Å². The second-order valence-corrected chi connectivity index (χ2v) is 4.49. The highest BCUT2D eigenvalue weighted by Gasteiger charge is 2.24. The average molecular weight is 266 g/mol. The summed E-state index contributed by atoms with van der Waals surface area (Å²) in [6, 6.07) is 0. The largest absolute Gasteiger partial charge is 0.389 e. The zero-order chi connectivity index (χ0) is 10.6. The molecule has 14 heavy (non-hydrogen) atoms. The molecule has 0 aromatic heterocycles. The molecule has 0 aromatic carbocycles. The fourth-order valence-corrected chi connectivity index (χ4v) is 1.65. The van der Waals surface area contributed by atoms with Gasteiger partial charge in [-0.15, -0.1) is 0 Å². The summed E-state index contributed by atoms with van der Waals surface area (Å²) in [5, 5.41) is 9.43. The normalized spacial score (nSPS) is 25.6. The van der Waals surface area contributed by atoms with Crippen molar-refractivity contribution in [3.8, 4) is 0 Å². The second kappa shape index (κ2) is 5.68. The van der Waals surface area contributed by atoms with E-state index in [0.717, 1.165) is 6.42 Å². The molecule has 1 N–H and O–H groups in total. The van der Waals surface area contributed by atoms with E-state index in [9.17, 15) is 9.90 Å². The summed E-state index contributed by atoms with van der Waals surface area (Å²) in [7, 11) is 0. The van der Waals surface area contributed by atoms with Crippen LogP contribution in [0.25, 0.3) is 0 Å². The Morgan fingerprint density at radius 1 is 1.79 bits per heavy atom. The first-order chi connectivity index (χ1) is 6.65. The van der Waals surface area contributed by atoms with Crippen molar-refractivity contribution in [2.75, 3.05) is 26.3 Å².